The number of aldehydes is 1. The van der Waals surface area contributed by atoms with Crippen LogP contribution in [0.1, 0.15) is 165 Å². The maximum atomic E-state index is 10.3. The number of carbonyl (C=O) groups excluding carboxylic acids is 1. The van der Waals surface area contributed by atoms with Crippen LogP contribution < -0.4 is 0 Å². The first-order chi connectivity index (χ1) is 24.1. The summed E-state index contributed by atoms with van der Waals surface area (Å²) in [6.45, 7) is 25.0. The molecule has 0 aliphatic rings. The fraction of sp³-hybridized carbons (Fsp3) is 0.543. The molecule has 0 aliphatic carbocycles. The van der Waals surface area contributed by atoms with Gasteiger partial charge in [0.05, 0.1) is 12.3 Å². The highest BCUT2D eigenvalue weighted by Crippen LogP contribution is 2.16. The van der Waals surface area contributed by atoms with Crippen molar-refractivity contribution in [1.82, 2.24) is 4.98 Å². The van der Waals surface area contributed by atoms with Gasteiger partial charge < -0.3 is 9.52 Å². The Morgan fingerprint density at radius 1 is 0.667 bits per heavy atom. The van der Waals surface area contributed by atoms with E-state index in [1.54, 1.807) is 18.3 Å². The first-order valence-electron chi connectivity index (χ1n) is 18.8. The molecule has 1 rings (SSSR count). The van der Waals surface area contributed by atoms with Gasteiger partial charge in [0.15, 0.2) is 0 Å². The second-order valence-electron chi connectivity index (χ2n) is 14.3. The van der Waals surface area contributed by atoms with E-state index in [1.807, 2.05) is 19.9 Å². The molecule has 0 saturated carbocycles. The van der Waals surface area contributed by atoms with Crippen molar-refractivity contribution in [3.63, 3.8) is 0 Å². The van der Waals surface area contributed by atoms with Crippen LogP contribution in [-0.4, -0.2) is 22.5 Å². The summed E-state index contributed by atoms with van der Waals surface area (Å²) in [7, 11) is 0. The molecule has 1 atom stereocenters. The minimum atomic E-state index is -0.810. The van der Waals surface area contributed by atoms with Crippen molar-refractivity contribution in [3.05, 3.63) is 105 Å². The molecule has 0 aromatic carbocycles. The van der Waals surface area contributed by atoms with Gasteiger partial charge >= 0.3 is 0 Å². The molecule has 5 heteroatoms. The predicted molar refractivity (Wildman–Crippen MR) is 221 cm³/mol. The van der Waals surface area contributed by atoms with Crippen molar-refractivity contribution >= 4 is 12.4 Å². The summed E-state index contributed by atoms with van der Waals surface area (Å²) < 4.78 is 5.49. The molecule has 1 aromatic rings. The van der Waals surface area contributed by atoms with Gasteiger partial charge in [-0.15, -0.1) is 0 Å². The quantitative estimate of drug-likeness (QED) is 0.0633. The smallest absolute Gasteiger partial charge is 0.218 e. The summed E-state index contributed by atoms with van der Waals surface area (Å²) in [5.74, 6) is 1.57. The number of carbonyl (C=O) groups is 1. The molecule has 0 radical (unpaired) electrons. The zero-order chi connectivity index (χ0) is 39.0. The highest BCUT2D eigenvalue weighted by Gasteiger charge is 1.98. The SMILES string of the molecule is CC(C)=CCC/C(C)=C/CC/C(C)=C/CC/C(C)=C/C=O.CC(C)=CCC/C(C)=C/CC/C(C)=C/CC/C(C)=C/c1ncc(C)o1.CC(O)C#N. The van der Waals surface area contributed by atoms with E-state index in [0.717, 1.165) is 81.8 Å². The number of oxazole rings is 1. The van der Waals surface area contributed by atoms with E-state index >= 15 is 0 Å². The molecule has 1 aromatic heterocycles. The minimum Gasteiger partial charge on any atom is -0.442 e. The molecule has 5 nitrogen and oxygen atoms in total. The van der Waals surface area contributed by atoms with Crippen molar-refractivity contribution in [2.24, 2.45) is 0 Å². The third-order valence-electron chi connectivity index (χ3n) is 7.86. The number of aromatic nitrogens is 1. The standard InChI is InChI=1S/C23H35NO.C20H32O.C3H5NO/c1-18(2)10-7-11-19(3)12-8-13-20(4)14-9-15-21(5)16-23-24-17-22(6)25-23;1-17(2)9-6-10-18(3)11-7-12-19(4)13-8-14-20(5)15-16-21;1-3(5)2-4/h10,12,14,16-17H,7-9,11,13,15H2,1-6H3;9,11,13,15-16H,6-8,10,12,14H2,1-5H3;3,5H,1H3/b19-12+,20-14+,21-16+;18-11+,19-13+,20-15+;. The van der Waals surface area contributed by atoms with Gasteiger partial charge in [0.2, 0.25) is 5.89 Å². The van der Waals surface area contributed by atoms with Gasteiger partial charge in [-0.05, 0) is 172 Å². The molecule has 1 N–H and O–H groups in total. The van der Waals surface area contributed by atoms with Gasteiger partial charge in [-0.2, -0.15) is 5.26 Å². The molecule has 1 unspecified atom stereocenters. The Morgan fingerprint density at radius 2 is 1.00 bits per heavy atom. The number of nitriles is 1. The number of nitrogens with zero attached hydrogens (tertiary/aromatic N) is 2. The van der Waals surface area contributed by atoms with Crippen molar-refractivity contribution in [2.75, 3.05) is 0 Å². The van der Waals surface area contributed by atoms with Crippen LogP contribution in [0.2, 0.25) is 0 Å². The fourth-order valence-corrected chi connectivity index (χ4v) is 4.69. The Bertz CT molecular complexity index is 1390. The number of rotatable bonds is 20. The average Bonchev–Trinajstić information content (AvgIpc) is 3.45. The maximum absolute atomic E-state index is 10.3. The summed E-state index contributed by atoms with van der Waals surface area (Å²) >= 11 is 0. The molecule has 0 spiro atoms. The van der Waals surface area contributed by atoms with Crippen LogP contribution in [0.5, 0.6) is 0 Å². The number of hydrogen-bond donors (Lipinski definition) is 1. The van der Waals surface area contributed by atoms with Crippen molar-refractivity contribution in [2.45, 2.75) is 166 Å². The number of hydrogen-bond acceptors (Lipinski definition) is 5. The lowest BCUT2D eigenvalue weighted by molar-refractivity contribution is -0.104. The lowest BCUT2D eigenvalue weighted by atomic mass is 10.0. The van der Waals surface area contributed by atoms with E-state index in [-0.39, 0.29) is 0 Å². The van der Waals surface area contributed by atoms with E-state index < -0.39 is 6.10 Å². The van der Waals surface area contributed by atoms with E-state index in [2.05, 4.69) is 104 Å². The van der Waals surface area contributed by atoms with Crippen molar-refractivity contribution < 1.29 is 14.3 Å². The van der Waals surface area contributed by atoms with Gasteiger partial charge in [-0.1, -0.05) is 81.0 Å². The van der Waals surface area contributed by atoms with E-state index in [9.17, 15) is 4.79 Å². The fourth-order valence-electron chi connectivity index (χ4n) is 4.69. The third-order valence-corrected chi connectivity index (χ3v) is 7.86. The summed E-state index contributed by atoms with van der Waals surface area (Å²) in [6, 6.07) is 1.58. The first kappa shape index (κ1) is 49.4. The molecule has 0 bridgehead atoms. The van der Waals surface area contributed by atoms with Crippen LogP contribution in [0.25, 0.3) is 6.08 Å². The van der Waals surface area contributed by atoms with E-state index in [4.69, 9.17) is 14.8 Å². The third kappa shape index (κ3) is 35.9. The second-order valence-corrected chi connectivity index (χ2v) is 14.3. The Balaban J connectivity index is 0. The summed E-state index contributed by atoms with van der Waals surface area (Å²) in [5.41, 5.74) is 11.2. The van der Waals surface area contributed by atoms with E-state index in [1.165, 1.54) is 58.8 Å². The summed E-state index contributed by atoms with van der Waals surface area (Å²) in [4.78, 5) is 14.5. The number of allylic oxidation sites excluding steroid dienone is 15. The molecule has 0 saturated heterocycles. The topological polar surface area (TPSA) is 87.1 Å². The molecular weight excluding hydrogens is 629 g/mol. The number of aryl methyl sites for hydroxylation is 1. The monoisotopic (exact) mass is 701 g/mol. The highest BCUT2D eigenvalue weighted by molar-refractivity contribution is 5.65. The molecule has 0 fully saturated rings. The molecule has 0 aliphatic heterocycles. The molecule has 284 valence electrons. The average molecular weight is 701 g/mol. The van der Waals surface area contributed by atoms with Crippen LogP contribution in [0.3, 0.4) is 0 Å². The second kappa shape index (κ2) is 32.2. The molecular formula is C46H72N2O3. The largest absolute Gasteiger partial charge is 0.442 e. The minimum absolute atomic E-state index is 0.712. The Morgan fingerprint density at radius 3 is 1.29 bits per heavy atom. The lowest BCUT2D eigenvalue weighted by Crippen LogP contribution is -1.90. The van der Waals surface area contributed by atoms with Crippen molar-refractivity contribution in [3.8, 4) is 6.07 Å². The predicted octanol–water partition coefficient (Wildman–Crippen LogP) is 13.8. The molecule has 1 heterocycles. The Labute approximate surface area is 313 Å². The zero-order valence-electron chi connectivity index (χ0n) is 34.5. The number of aliphatic hydroxyl groups excluding tert-OH is 1. The van der Waals surface area contributed by atoms with Crippen LogP contribution in [-0.2, 0) is 4.79 Å². The van der Waals surface area contributed by atoms with Gasteiger partial charge in [-0.3, -0.25) is 4.79 Å². The van der Waals surface area contributed by atoms with Gasteiger partial charge in [-0.25, -0.2) is 4.98 Å². The van der Waals surface area contributed by atoms with Gasteiger partial charge in [0, 0.05) is 0 Å². The van der Waals surface area contributed by atoms with Crippen molar-refractivity contribution in [1.29, 1.82) is 5.26 Å². The van der Waals surface area contributed by atoms with Crippen LogP contribution in [0.15, 0.2) is 97.7 Å². The summed E-state index contributed by atoms with van der Waals surface area (Å²) in [6.07, 6.45) is 32.9. The number of aliphatic hydroxyl groups is 1. The Kier molecular flexibility index (Phi) is 31.1. The normalized spacial score (nSPS) is 13.3. The molecule has 0 amide bonds. The lowest BCUT2D eigenvalue weighted by Gasteiger charge is -2.02. The van der Waals surface area contributed by atoms with Gasteiger partial charge in [0.25, 0.3) is 0 Å². The van der Waals surface area contributed by atoms with Gasteiger partial charge in [0.1, 0.15) is 18.2 Å². The molecule has 51 heavy (non-hydrogen) atoms. The first-order valence-corrected chi connectivity index (χ1v) is 18.8. The highest BCUT2D eigenvalue weighted by atomic mass is 16.3. The van der Waals surface area contributed by atoms with Crippen LogP contribution in [0.4, 0.5) is 0 Å². The Hall–Kier alpha value is -3.75. The summed E-state index contributed by atoms with van der Waals surface area (Å²) in [5, 5.41) is 15.6. The zero-order valence-corrected chi connectivity index (χ0v) is 34.5. The van der Waals surface area contributed by atoms with E-state index in [0.29, 0.717) is 5.89 Å². The van der Waals surface area contributed by atoms with Crippen LogP contribution >= 0.6 is 0 Å². The maximum Gasteiger partial charge on any atom is 0.218 e. The van der Waals surface area contributed by atoms with Crippen LogP contribution in [0, 0.1) is 18.3 Å².